The number of nitrogens with one attached hydrogen (secondary N) is 2. The first kappa shape index (κ1) is 23.8. The average Bonchev–Trinajstić information content (AvgIpc) is 2.85. The number of nitrogens with zero attached hydrogens (tertiary/aromatic N) is 3. The molecule has 2 aromatic carbocycles. The van der Waals surface area contributed by atoms with Gasteiger partial charge < -0.3 is 20.5 Å². The zero-order valence-corrected chi connectivity index (χ0v) is 19.8. The first-order valence-electron chi connectivity index (χ1n) is 11.2. The van der Waals surface area contributed by atoms with E-state index in [4.69, 9.17) is 4.74 Å². The number of benzene rings is 2. The number of hydrogen-bond acceptors (Lipinski definition) is 7. The second-order valence-corrected chi connectivity index (χ2v) is 8.16. The average molecular weight is 470 g/mol. The van der Waals surface area contributed by atoms with Crippen molar-refractivity contribution >= 4 is 34.4 Å². The molecule has 0 saturated carbocycles. The minimum absolute atomic E-state index is 0.324. The van der Waals surface area contributed by atoms with Gasteiger partial charge in [-0.2, -0.15) is 0 Å². The van der Waals surface area contributed by atoms with E-state index >= 15 is 0 Å². The van der Waals surface area contributed by atoms with Crippen LogP contribution in [-0.2, 0) is 4.79 Å². The maximum atomic E-state index is 11.5. The molecule has 0 spiro atoms. The Balaban J connectivity index is 1.50. The Morgan fingerprint density at radius 2 is 1.94 bits per heavy atom. The van der Waals surface area contributed by atoms with Gasteiger partial charge in [-0.3, -0.25) is 9.78 Å². The Kier molecular flexibility index (Phi) is 7.32. The van der Waals surface area contributed by atoms with E-state index in [2.05, 4.69) is 25.6 Å². The molecule has 0 aliphatic heterocycles. The lowest BCUT2D eigenvalue weighted by Crippen LogP contribution is -2.32. The molecule has 0 aliphatic carbocycles. The number of rotatable bonds is 8. The second kappa shape index (κ2) is 10.8. The van der Waals surface area contributed by atoms with Gasteiger partial charge in [0.05, 0.1) is 11.7 Å². The SMILES string of the molecule is Cc1ccc(Oc2ccc(Nc3ncnc4ccc(/C=C/CNC(=O)C(C)O)cc34)cc2C)cn1. The molecule has 8 nitrogen and oxygen atoms in total. The summed E-state index contributed by atoms with van der Waals surface area (Å²) >= 11 is 0. The molecular weight excluding hydrogens is 442 g/mol. The molecule has 0 fully saturated rings. The van der Waals surface area contributed by atoms with E-state index < -0.39 is 12.0 Å². The van der Waals surface area contributed by atoms with Crippen LogP contribution in [0.4, 0.5) is 11.5 Å². The fourth-order valence-electron chi connectivity index (χ4n) is 3.40. The van der Waals surface area contributed by atoms with Gasteiger partial charge in [-0.15, -0.1) is 0 Å². The largest absolute Gasteiger partial charge is 0.455 e. The van der Waals surface area contributed by atoms with Crippen molar-refractivity contribution in [2.24, 2.45) is 0 Å². The smallest absolute Gasteiger partial charge is 0.248 e. The number of pyridine rings is 1. The number of aromatic nitrogens is 3. The van der Waals surface area contributed by atoms with Crippen LogP contribution < -0.4 is 15.4 Å². The van der Waals surface area contributed by atoms with Crippen molar-refractivity contribution in [2.75, 3.05) is 11.9 Å². The fourth-order valence-corrected chi connectivity index (χ4v) is 3.40. The van der Waals surface area contributed by atoms with E-state index in [1.807, 2.05) is 74.5 Å². The maximum Gasteiger partial charge on any atom is 0.248 e. The van der Waals surface area contributed by atoms with Crippen molar-refractivity contribution in [1.29, 1.82) is 0 Å². The lowest BCUT2D eigenvalue weighted by Gasteiger charge is -2.12. The van der Waals surface area contributed by atoms with E-state index in [1.54, 1.807) is 6.20 Å². The standard InChI is InChI=1S/C27H27N5O3/c1-17-13-21(8-11-25(17)35-22-9-6-18(2)29-15-22)32-26-23-14-20(7-10-24(23)30-16-31-26)5-4-12-28-27(34)19(3)33/h4-11,13-16,19,33H,12H2,1-3H3,(H,28,34)(H,30,31,32)/b5-4+. The quantitative estimate of drug-likeness (QED) is 0.343. The van der Waals surface area contributed by atoms with Crippen LogP contribution >= 0.6 is 0 Å². The lowest BCUT2D eigenvalue weighted by molar-refractivity contribution is -0.128. The predicted molar refractivity (Wildman–Crippen MR) is 137 cm³/mol. The van der Waals surface area contributed by atoms with Gasteiger partial charge in [-0.25, -0.2) is 9.97 Å². The van der Waals surface area contributed by atoms with Crippen molar-refractivity contribution in [1.82, 2.24) is 20.3 Å². The van der Waals surface area contributed by atoms with Crippen LogP contribution in [0.2, 0.25) is 0 Å². The second-order valence-electron chi connectivity index (χ2n) is 8.16. The molecule has 178 valence electrons. The molecule has 2 heterocycles. The van der Waals surface area contributed by atoms with Crippen molar-refractivity contribution in [2.45, 2.75) is 26.9 Å². The first-order chi connectivity index (χ1) is 16.9. The lowest BCUT2D eigenvalue weighted by atomic mass is 10.1. The molecule has 35 heavy (non-hydrogen) atoms. The molecule has 4 rings (SSSR count). The van der Waals surface area contributed by atoms with Crippen LogP contribution in [0.25, 0.3) is 17.0 Å². The minimum atomic E-state index is -1.03. The zero-order chi connectivity index (χ0) is 24.8. The van der Waals surface area contributed by atoms with Crippen molar-refractivity contribution in [3.05, 3.63) is 84.0 Å². The molecule has 1 unspecified atom stereocenters. The van der Waals surface area contributed by atoms with E-state index in [1.165, 1.54) is 13.3 Å². The van der Waals surface area contributed by atoms with E-state index in [0.29, 0.717) is 18.1 Å². The van der Waals surface area contributed by atoms with Crippen LogP contribution in [0.15, 0.2) is 67.1 Å². The van der Waals surface area contributed by atoms with Crippen LogP contribution in [0.1, 0.15) is 23.7 Å². The molecule has 0 aliphatic rings. The molecule has 8 heteroatoms. The molecule has 0 saturated heterocycles. The fraction of sp³-hybridized carbons (Fsp3) is 0.185. The van der Waals surface area contributed by atoms with Gasteiger partial charge in [0, 0.05) is 23.3 Å². The number of aliphatic hydroxyl groups is 1. The molecular formula is C27H27N5O3. The molecule has 1 amide bonds. The molecule has 0 radical (unpaired) electrons. The van der Waals surface area contributed by atoms with Crippen LogP contribution in [0, 0.1) is 13.8 Å². The third-order valence-corrected chi connectivity index (χ3v) is 5.29. The van der Waals surface area contributed by atoms with Gasteiger partial charge in [0.2, 0.25) is 5.91 Å². The Bertz CT molecular complexity index is 1370. The summed E-state index contributed by atoms with van der Waals surface area (Å²) in [6, 6.07) is 15.5. The van der Waals surface area contributed by atoms with Crippen LogP contribution in [0.3, 0.4) is 0 Å². The molecule has 4 aromatic rings. The number of ether oxygens (including phenoxy) is 1. The van der Waals surface area contributed by atoms with E-state index in [0.717, 1.165) is 39.2 Å². The summed E-state index contributed by atoms with van der Waals surface area (Å²) in [5.41, 5.74) is 4.53. The summed E-state index contributed by atoms with van der Waals surface area (Å²) in [6.45, 7) is 5.68. The monoisotopic (exact) mass is 469 g/mol. The molecule has 0 bridgehead atoms. The summed E-state index contributed by atoms with van der Waals surface area (Å²) < 4.78 is 5.97. The normalized spacial score (nSPS) is 12.0. The topological polar surface area (TPSA) is 109 Å². The minimum Gasteiger partial charge on any atom is -0.455 e. The summed E-state index contributed by atoms with van der Waals surface area (Å²) in [5, 5.41) is 16.1. The Labute approximate surface area is 203 Å². The van der Waals surface area contributed by atoms with Crippen LogP contribution in [0.5, 0.6) is 11.5 Å². The van der Waals surface area contributed by atoms with Crippen molar-refractivity contribution in [3.63, 3.8) is 0 Å². The van der Waals surface area contributed by atoms with Gasteiger partial charge >= 0.3 is 0 Å². The van der Waals surface area contributed by atoms with Gasteiger partial charge in [0.15, 0.2) is 0 Å². The van der Waals surface area contributed by atoms with Gasteiger partial charge in [0.25, 0.3) is 0 Å². The van der Waals surface area contributed by atoms with E-state index in [9.17, 15) is 9.90 Å². The Morgan fingerprint density at radius 3 is 2.69 bits per heavy atom. The summed E-state index contributed by atoms with van der Waals surface area (Å²) in [5.74, 6) is 1.72. The first-order valence-corrected chi connectivity index (χ1v) is 11.2. The summed E-state index contributed by atoms with van der Waals surface area (Å²) in [6.07, 6.45) is 5.93. The number of fused-ring (bicyclic) bond motifs is 1. The number of hydrogen-bond donors (Lipinski definition) is 3. The predicted octanol–water partition coefficient (Wildman–Crippen LogP) is 4.69. The highest BCUT2D eigenvalue weighted by Gasteiger charge is 2.08. The molecule has 3 N–H and O–H groups in total. The van der Waals surface area contributed by atoms with Crippen molar-refractivity contribution in [3.8, 4) is 11.5 Å². The highest BCUT2D eigenvalue weighted by molar-refractivity contribution is 5.92. The summed E-state index contributed by atoms with van der Waals surface area (Å²) in [7, 11) is 0. The summed E-state index contributed by atoms with van der Waals surface area (Å²) in [4.78, 5) is 24.5. The zero-order valence-electron chi connectivity index (χ0n) is 19.8. The maximum absolute atomic E-state index is 11.5. The number of aryl methyl sites for hydroxylation is 2. The molecule has 2 aromatic heterocycles. The highest BCUT2D eigenvalue weighted by atomic mass is 16.5. The number of carbonyl (C=O) groups excluding carboxylic acids is 1. The van der Waals surface area contributed by atoms with Gasteiger partial charge in [-0.1, -0.05) is 18.2 Å². The number of anilines is 2. The highest BCUT2D eigenvalue weighted by Crippen LogP contribution is 2.30. The van der Waals surface area contributed by atoms with Gasteiger partial charge in [0.1, 0.15) is 29.7 Å². The number of aliphatic hydroxyl groups excluding tert-OH is 1. The van der Waals surface area contributed by atoms with Crippen LogP contribution in [-0.4, -0.2) is 38.6 Å². The third kappa shape index (κ3) is 6.18. The van der Waals surface area contributed by atoms with Gasteiger partial charge in [-0.05, 0) is 74.4 Å². The molecule has 1 atom stereocenters. The Morgan fingerprint density at radius 1 is 1.09 bits per heavy atom. The Hall–Kier alpha value is -4.30. The number of amides is 1. The third-order valence-electron chi connectivity index (χ3n) is 5.29. The number of carbonyl (C=O) groups is 1. The van der Waals surface area contributed by atoms with Crippen molar-refractivity contribution < 1.29 is 14.6 Å². The van der Waals surface area contributed by atoms with E-state index in [-0.39, 0.29) is 0 Å².